The van der Waals surface area contributed by atoms with E-state index < -0.39 is 0 Å². The summed E-state index contributed by atoms with van der Waals surface area (Å²) in [5.41, 5.74) is 0.950. The Morgan fingerprint density at radius 2 is 2.00 bits per heavy atom. The largest absolute Gasteiger partial charge is 0.493 e. The zero-order valence-corrected chi connectivity index (χ0v) is 12.7. The van der Waals surface area contributed by atoms with E-state index in [-0.39, 0.29) is 18.0 Å². The van der Waals surface area contributed by atoms with Crippen molar-refractivity contribution in [2.24, 2.45) is 5.92 Å². The zero-order chi connectivity index (χ0) is 13.9. The molecule has 0 N–H and O–H groups in total. The van der Waals surface area contributed by atoms with E-state index in [1.54, 1.807) is 0 Å². The predicted octanol–water partition coefficient (Wildman–Crippen LogP) is 3.24. The van der Waals surface area contributed by atoms with Gasteiger partial charge in [0, 0.05) is 29.7 Å². The summed E-state index contributed by atoms with van der Waals surface area (Å²) in [6.45, 7) is 1.88. The summed E-state index contributed by atoms with van der Waals surface area (Å²) >= 11 is 3.45. The number of benzene rings is 1. The number of carbonyl (C=O) groups excluding carboxylic acids is 1. The van der Waals surface area contributed by atoms with Gasteiger partial charge in [-0.3, -0.25) is 4.79 Å². The van der Waals surface area contributed by atoms with Crippen LogP contribution in [0.2, 0.25) is 0 Å². The second-order valence-corrected chi connectivity index (χ2v) is 6.05. The summed E-state index contributed by atoms with van der Waals surface area (Å²) < 4.78 is 17.6. The van der Waals surface area contributed by atoms with Gasteiger partial charge in [0.05, 0.1) is 12.5 Å². The Balaban J connectivity index is 1.72. The van der Waals surface area contributed by atoms with Gasteiger partial charge in [-0.25, -0.2) is 0 Å². The average molecular weight is 341 g/mol. The van der Waals surface area contributed by atoms with E-state index >= 15 is 0 Å². The number of hydrogen-bond acceptors (Lipinski definition) is 4. The molecule has 108 valence electrons. The molecule has 0 spiro atoms. The molecule has 1 saturated heterocycles. The third-order valence-corrected chi connectivity index (χ3v) is 4.26. The van der Waals surface area contributed by atoms with E-state index in [1.165, 1.54) is 0 Å². The summed E-state index contributed by atoms with van der Waals surface area (Å²) in [5.74, 6) is 0.678. The summed E-state index contributed by atoms with van der Waals surface area (Å²) in [6, 6.07) is 5.81. The quantitative estimate of drug-likeness (QED) is 0.775. The van der Waals surface area contributed by atoms with E-state index in [2.05, 4.69) is 15.9 Å². The summed E-state index contributed by atoms with van der Waals surface area (Å²) in [4.78, 5) is 12.2. The second-order valence-electron chi connectivity index (χ2n) is 5.13. The average Bonchev–Trinajstić information content (AvgIpc) is 2.49. The van der Waals surface area contributed by atoms with Crippen molar-refractivity contribution in [3.63, 3.8) is 0 Å². The number of esters is 1. The van der Waals surface area contributed by atoms with Crippen molar-refractivity contribution in [2.75, 3.05) is 19.8 Å². The molecule has 3 rings (SSSR count). The van der Waals surface area contributed by atoms with Crippen LogP contribution in [0.15, 0.2) is 22.7 Å². The molecule has 0 radical (unpaired) electrons. The molecule has 20 heavy (non-hydrogen) atoms. The van der Waals surface area contributed by atoms with Crippen molar-refractivity contribution in [1.82, 2.24) is 0 Å². The van der Waals surface area contributed by atoms with Crippen LogP contribution in [-0.4, -0.2) is 25.8 Å². The number of halogens is 1. The lowest BCUT2D eigenvalue weighted by atomic mass is 9.99. The van der Waals surface area contributed by atoms with E-state index in [1.807, 2.05) is 18.2 Å². The standard InChI is InChI=1S/C15H17BrO4/c16-11-1-2-13-12(9-11)14(5-8-19-13)20-15(17)10-3-6-18-7-4-10/h1-2,9-10,14H,3-8H2/t14-/m1/s1. The molecule has 1 aromatic carbocycles. The first-order valence-electron chi connectivity index (χ1n) is 6.94. The molecule has 2 aliphatic heterocycles. The van der Waals surface area contributed by atoms with E-state index in [0.717, 1.165) is 28.6 Å². The van der Waals surface area contributed by atoms with E-state index in [9.17, 15) is 4.79 Å². The summed E-state index contributed by atoms with van der Waals surface area (Å²) in [7, 11) is 0. The molecule has 0 amide bonds. The topological polar surface area (TPSA) is 44.8 Å². The highest BCUT2D eigenvalue weighted by molar-refractivity contribution is 9.10. The lowest BCUT2D eigenvalue weighted by Crippen LogP contribution is -2.28. The minimum absolute atomic E-state index is 0.0257. The fourth-order valence-electron chi connectivity index (χ4n) is 2.63. The zero-order valence-electron chi connectivity index (χ0n) is 11.1. The fourth-order valence-corrected chi connectivity index (χ4v) is 3.00. The van der Waals surface area contributed by atoms with Gasteiger partial charge in [0.25, 0.3) is 0 Å². The van der Waals surface area contributed by atoms with Crippen LogP contribution >= 0.6 is 15.9 Å². The van der Waals surface area contributed by atoms with Crippen LogP contribution in [0.3, 0.4) is 0 Å². The highest BCUT2D eigenvalue weighted by atomic mass is 79.9. The number of ether oxygens (including phenoxy) is 3. The van der Waals surface area contributed by atoms with Crippen LogP contribution in [0.4, 0.5) is 0 Å². The second kappa shape index (κ2) is 6.14. The van der Waals surface area contributed by atoms with Gasteiger partial charge in [0.15, 0.2) is 0 Å². The van der Waals surface area contributed by atoms with Crippen LogP contribution in [0.25, 0.3) is 0 Å². The minimum Gasteiger partial charge on any atom is -0.493 e. The van der Waals surface area contributed by atoms with Crippen LogP contribution in [0.1, 0.15) is 30.9 Å². The third-order valence-electron chi connectivity index (χ3n) is 3.77. The van der Waals surface area contributed by atoms with Gasteiger partial charge < -0.3 is 14.2 Å². The Morgan fingerprint density at radius 3 is 2.80 bits per heavy atom. The maximum absolute atomic E-state index is 12.2. The highest BCUT2D eigenvalue weighted by Crippen LogP contribution is 2.37. The minimum atomic E-state index is -0.202. The molecule has 0 saturated carbocycles. The molecular weight excluding hydrogens is 324 g/mol. The summed E-state index contributed by atoms with van der Waals surface area (Å²) in [6.07, 6.45) is 2.02. The molecule has 1 atom stereocenters. The molecule has 4 nitrogen and oxygen atoms in total. The van der Waals surface area contributed by atoms with Crippen LogP contribution in [-0.2, 0) is 14.3 Å². The van der Waals surface area contributed by atoms with Crippen molar-refractivity contribution in [3.8, 4) is 5.75 Å². The SMILES string of the molecule is O=C(O[C@@H]1CCOc2ccc(Br)cc21)C1CCOCC1. The lowest BCUT2D eigenvalue weighted by molar-refractivity contribution is -0.159. The molecule has 1 fully saturated rings. The molecule has 0 aromatic heterocycles. The molecule has 5 heteroatoms. The first-order valence-corrected chi connectivity index (χ1v) is 7.74. The van der Waals surface area contributed by atoms with Crippen molar-refractivity contribution in [3.05, 3.63) is 28.2 Å². The number of hydrogen-bond donors (Lipinski definition) is 0. The number of rotatable bonds is 2. The van der Waals surface area contributed by atoms with E-state index in [4.69, 9.17) is 14.2 Å². The van der Waals surface area contributed by atoms with Crippen molar-refractivity contribution in [2.45, 2.75) is 25.4 Å². The molecule has 2 heterocycles. The Labute approximate surface area is 126 Å². The fraction of sp³-hybridized carbons (Fsp3) is 0.533. The highest BCUT2D eigenvalue weighted by Gasteiger charge is 2.29. The van der Waals surface area contributed by atoms with Gasteiger partial charge in [0.2, 0.25) is 0 Å². The smallest absolute Gasteiger partial charge is 0.309 e. The Bertz CT molecular complexity index is 497. The third kappa shape index (κ3) is 2.99. The summed E-state index contributed by atoms with van der Waals surface area (Å²) in [5, 5.41) is 0. The molecular formula is C15H17BrO4. The first-order chi connectivity index (χ1) is 9.74. The van der Waals surface area contributed by atoms with Crippen molar-refractivity contribution in [1.29, 1.82) is 0 Å². The molecule has 1 aromatic rings. The van der Waals surface area contributed by atoms with Gasteiger partial charge >= 0.3 is 5.97 Å². The van der Waals surface area contributed by atoms with Gasteiger partial charge in [-0.15, -0.1) is 0 Å². The van der Waals surface area contributed by atoms with Crippen LogP contribution < -0.4 is 4.74 Å². The van der Waals surface area contributed by atoms with Gasteiger partial charge in [0.1, 0.15) is 11.9 Å². The Hall–Kier alpha value is -1.07. The van der Waals surface area contributed by atoms with Crippen molar-refractivity contribution >= 4 is 21.9 Å². The maximum Gasteiger partial charge on any atom is 0.309 e. The molecule has 0 aliphatic carbocycles. The normalized spacial score (nSPS) is 22.8. The van der Waals surface area contributed by atoms with Gasteiger partial charge in [-0.1, -0.05) is 15.9 Å². The molecule has 0 unspecified atom stereocenters. The first kappa shape index (κ1) is 13.9. The van der Waals surface area contributed by atoms with Crippen LogP contribution in [0.5, 0.6) is 5.75 Å². The monoisotopic (exact) mass is 340 g/mol. The lowest BCUT2D eigenvalue weighted by Gasteiger charge is -2.28. The van der Waals surface area contributed by atoms with E-state index in [0.29, 0.717) is 26.2 Å². The number of carbonyl (C=O) groups is 1. The van der Waals surface area contributed by atoms with Crippen molar-refractivity contribution < 1.29 is 19.0 Å². The Kier molecular flexibility index (Phi) is 4.27. The predicted molar refractivity (Wildman–Crippen MR) is 76.6 cm³/mol. The van der Waals surface area contributed by atoms with Gasteiger partial charge in [-0.05, 0) is 31.0 Å². The molecule has 2 aliphatic rings. The Morgan fingerprint density at radius 1 is 1.20 bits per heavy atom. The van der Waals surface area contributed by atoms with Gasteiger partial charge in [-0.2, -0.15) is 0 Å². The number of fused-ring (bicyclic) bond motifs is 1. The maximum atomic E-state index is 12.2. The molecule has 0 bridgehead atoms. The van der Waals surface area contributed by atoms with Crippen LogP contribution in [0, 0.1) is 5.92 Å².